The van der Waals surface area contributed by atoms with Crippen molar-refractivity contribution < 1.29 is 9.90 Å². The van der Waals surface area contributed by atoms with E-state index in [0.29, 0.717) is 6.54 Å². The predicted octanol–water partition coefficient (Wildman–Crippen LogP) is 0.507. The molecule has 2 N–H and O–H groups in total. The highest BCUT2D eigenvalue weighted by molar-refractivity contribution is 5.74. The van der Waals surface area contributed by atoms with Gasteiger partial charge in [0.1, 0.15) is 6.04 Å². The van der Waals surface area contributed by atoms with Gasteiger partial charge in [-0.05, 0) is 19.5 Å². The van der Waals surface area contributed by atoms with Gasteiger partial charge in [0.15, 0.2) is 0 Å². The second-order valence-corrected chi connectivity index (χ2v) is 3.10. The van der Waals surface area contributed by atoms with E-state index in [9.17, 15) is 4.79 Å². The van der Waals surface area contributed by atoms with Crippen LogP contribution in [0.15, 0.2) is 18.5 Å². The Morgan fingerprint density at radius 1 is 1.71 bits per heavy atom. The Kier molecular flexibility index (Phi) is 3.64. The van der Waals surface area contributed by atoms with Crippen LogP contribution in [0.5, 0.6) is 0 Å². The number of nitrogens with zero attached hydrogens (tertiary/aromatic N) is 2. The fourth-order valence-corrected chi connectivity index (χ4v) is 1.36. The normalized spacial score (nSPS) is 15.0. The highest BCUT2D eigenvalue weighted by Gasteiger charge is 2.24. The summed E-state index contributed by atoms with van der Waals surface area (Å²) < 4.78 is 1.64. The van der Waals surface area contributed by atoms with Crippen molar-refractivity contribution in [3.8, 4) is 0 Å². The Labute approximate surface area is 82.7 Å². The number of aliphatic carboxylic acids is 1. The van der Waals surface area contributed by atoms with Gasteiger partial charge in [-0.25, -0.2) is 0 Å². The molecule has 5 nitrogen and oxygen atoms in total. The summed E-state index contributed by atoms with van der Waals surface area (Å²) in [4.78, 5) is 10.9. The molecule has 0 radical (unpaired) electrons. The molecule has 0 aliphatic rings. The van der Waals surface area contributed by atoms with E-state index in [2.05, 4.69) is 10.4 Å². The molecular formula is C9H15N3O2. The first-order valence-corrected chi connectivity index (χ1v) is 4.62. The van der Waals surface area contributed by atoms with Crippen LogP contribution in [0.1, 0.15) is 19.9 Å². The fraction of sp³-hybridized carbons (Fsp3) is 0.556. The smallest absolute Gasteiger partial charge is 0.322 e. The largest absolute Gasteiger partial charge is 0.480 e. The highest BCUT2D eigenvalue weighted by Crippen LogP contribution is 2.09. The first-order valence-electron chi connectivity index (χ1n) is 4.62. The van der Waals surface area contributed by atoms with Crippen LogP contribution in [-0.2, 0) is 4.79 Å². The van der Waals surface area contributed by atoms with Crippen LogP contribution < -0.4 is 5.32 Å². The van der Waals surface area contributed by atoms with Gasteiger partial charge in [-0.2, -0.15) is 5.10 Å². The lowest BCUT2D eigenvalue weighted by molar-refractivity contribution is -0.140. The standard InChI is InChI=1S/C9H15N3O2/c1-3-10-8(9(13)14)7(2)12-6-4-5-11-12/h4-8,10H,3H2,1-2H3,(H,13,14). The molecule has 1 heterocycles. The minimum atomic E-state index is -0.852. The minimum absolute atomic E-state index is 0.192. The lowest BCUT2D eigenvalue weighted by atomic mass is 10.1. The molecule has 0 amide bonds. The van der Waals surface area contributed by atoms with Gasteiger partial charge < -0.3 is 10.4 Å². The van der Waals surface area contributed by atoms with Gasteiger partial charge in [0, 0.05) is 12.4 Å². The maximum Gasteiger partial charge on any atom is 0.322 e. The summed E-state index contributed by atoms with van der Waals surface area (Å²) in [6.45, 7) is 4.34. The van der Waals surface area contributed by atoms with E-state index in [4.69, 9.17) is 5.11 Å². The van der Waals surface area contributed by atoms with E-state index >= 15 is 0 Å². The van der Waals surface area contributed by atoms with Crippen molar-refractivity contribution in [3.05, 3.63) is 18.5 Å². The van der Waals surface area contributed by atoms with Crippen molar-refractivity contribution >= 4 is 5.97 Å². The third-order valence-corrected chi connectivity index (χ3v) is 2.11. The van der Waals surface area contributed by atoms with Crippen LogP contribution in [0.4, 0.5) is 0 Å². The lowest BCUT2D eigenvalue weighted by Gasteiger charge is -2.20. The summed E-state index contributed by atoms with van der Waals surface area (Å²) in [5.74, 6) is -0.852. The van der Waals surface area contributed by atoms with Crippen molar-refractivity contribution in [2.75, 3.05) is 6.54 Å². The second kappa shape index (κ2) is 4.76. The molecule has 0 aliphatic carbocycles. The molecular weight excluding hydrogens is 182 g/mol. The van der Waals surface area contributed by atoms with Crippen LogP contribution >= 0.6 is 0 Å². The summed E-state index contributed by atoms with van der Waals surface area (Å²) in [5, 5.41) is 15.9. The van der Waals surface area contributed by atoms with Crippen molar-refractivity contribution in [2.24, 2.45) is 0 Å². The number of carbonyl (C=O) groups is 1. The monoisotopic (exact) mass is 197 g/mol. The number of carboxylic acids is 1. The zero-order valence-corrected chi connectivity index (χ0v) is 8.34. The first-order chi connectivity index (χ1) is 6.66. The van der Waals surface area contributed by atoms with Gasteiger partial charge in [-0.1, -0.05) is 6.92 Å². The SMILES string of the molecule is CCNC(C(=O)O)C(C)n1cccn1. The van der Waals surface area contributed by atoms with E-state index in [1.54, 1.807) is 23.1 Å². The molecule has 78 valence electrons. The molecule has 0 bridgehead atoms. The third kappa shape index (κ3) is 2.32. The molecule has 1 aromatic heterocycles. The average molecular weight is 197 g/mol. The summed E-state index contributed by atoms with van der Waals surface area (Å²) in [5.41, 5.74) is 0. The van der Waals surface area contributed by atoms with Gasteiger partial charge in [0.25, 0.3) is 0 Å². The molecule has 0 aliphatic heterocycles. The average Bonchev–Trinajstić information content (AvgIpc) is 2.65. The van der Waals surface area contributed by atoms with Crippen molar-refractivity contribution in [2.45, 2.75) is 25.9 Å². The van der Waals surface area contributed by atoms with Crippen LogP contribution in [0.2, 0.25) is 0 Å². The molecule has 0 saturated heterocycles. The Hall–Kier alpha value is -1.36. The van der Waals surface area contributed by atoms with Gasteiger partial charge in [0.05, 0.1) is 6.04 Å². The second-order valence-electron chi connectivity index (χ2n) is 3.10. The predicted molar refractivity (Wildman–Crippen MR) is 52.0 cm³/mol. The third-order valence-electron chi connectivity index (χ3n) is 2.11. The summed E-state index contributed by atoms with van der Waals surface area (Å²) in [7, 11) is 0. The summed E-state index contributed by atoms with van der Waals surface area (Å²) in [6, 6.07) is 0.990. The Morgan fingerprint density at radius 2 is 2.43 bits per heavy atom. The maximum absolute atomic E-state index is 10.9. The van der Waals surface area contributed by atoms with Crippen LogP contribution in [0, 0.1) is 0 Å². The van der Waals surface area contributed by atoms with Crippen molar-refractivity contribution in [1.82, 2.24) is 15.1 Å². The van der Waals surface area contributed by atoms with Gasteiger partial charge in [-0.3, -0.25) is 9.48 Å². The molecule has 2 atom stereocenters. The number of nitrogens with one attached hydrogen (secondary N) is 1. The maximum atomic E-state index is 10.9. The van der Waals surface area contributed by atoms with Gasteiger partial charge in [-0.15, -0.1) is 0 Å². The Bertz CT molecular complexity index is 284. The number of likely N-dealkylation sites (N-methyl/N-ethyl adjacent to an activating group) is 1. The van der Waals surface area contributed by atoms with Crippen LogP contribution in [0.3, 0.4) is 0 Å². The van der Waals surface area contributed by atoms with E-state index in [0.717, 1.165) is 0 Å². The molecule has 5 heteroatoms. The van der Waals surface area contributed by atoms with E-state index in [1.807, 2.05) is 13.8 Å². The Balaban J connectivity index is 2.73. The van der Waals surface area contributed by atoms with Crippen molar-refractivity contribution in [1.29, 1.82) is 0 Å². The molecule has 0 aromatic carbocycles. The minimum Gasteiger partial charge on any atom is -0.480 e. The van der Waals surface area contributed by atoms with E-state index < -0.39 is 12.0 Å². The number of hydrogen-bond donors (Lipinski definition) is 2. The number of carboxylic acid groups (broad SMARTS) is 1. The van der Waals surface area contributed by atoms with Crippen molar-refractivity contribution in [3.63, 3.8) is 0 Å². The number of rotatable bonds is 5. The van der Waals surface area contributed by atoms with Crippen LogP contribution in [-0.4, -0.2) is 33.4 Å². The Morgan fingerprint density at radius 3 is 2.86 bits per heavy atom. The molecule has 14 heavy (non-hydrogen) atoms. The lowest BCUT2D eigenvalue weighted by Crippen LogP contribution is -2.42. The quantitative estimate of drug-likeness (QED) is 0.721. The van der Waals surface area contributed by atoms with E-state index in [-0.39, 0.29) is 6.04 Å². The zero-order chi connectivity index (χ0) is 10.6. The summed E-state index contributed by atoms with van der Waals surface area (Å²) >= 11 is 0. The first kappa shape index (κ1) is 10.7. The number of hydrogen-bond acceptors (Lipinski definition) is 3. The highest BCUT2D eigenvalue weighted by atomic mass is 16.4. The fourth-order valence-electron chi connectivity index (χ4n) is 1.36. The molecule has 2 unspecified atom stereocenters. The molecule has 1 aromatic rings. The molecule has 0 saturated carbocycles. The topological polar surface area (TPSA) is 67.2 Å². The van der Waals surface area contributed by atoms with Gasteiger partial charge in [0.2, 0.25) is 0 Å². The molecule has 0 fully saturated rings. The number of aromatic nitrogens is 2. The van der Waals surface area contributed by atoms with Crippen LogP contribution in [0.25, 0.3) is 0 Å². The zero-order valence-electron chi connectivity index (χ0n) is 8.34. The molecule has 0 spiro atoms. The summed E-state index contributed by atoms with van der Waals surface area (Å²) in [6.07, 6.45) is 3.40. The molecule has 1 rings (SSSR count). The van der Waals surface area contributed by atoms with E-state index in [1.165, 1.54) is 0 Å². The van der Waals surface area contributed by atoms with Gasteiger partial charge >= 0.3 is 5.97 Å².